The van der Waals surface area contributed by atoms with Gasteiger partial charge in [-0.15, -0.1) is 0 Å². The molecule has 0 aromatic carbocycles. The third-order valence-corrected chi connectivity index (χ3v) is 8.25. The van der Waals surface area contributed by atoms with Crippen LogP contribution < -0.4 is 5.32 Å². The number of nitrogens with zero attached hydrogens (tertiary/aromatic N) is 1. The fourth-order valence-corrected chi connectivity index (χ4v) is 5.78. The summed E-state index contributed by atoms with van der Waals surface area (Å²) >= 11 is 0. The van der Waals surface area contributed by atoms with Crippen molar-refractivity contribution in [2.24, 2.45) is 17.3 Å². The predicted octanol–water partition coefficient (Wildman–Crippen LogP) is 2.77. The van der Waals surface area contributed by atoms with E-state index >= 15 is 0 Å². The number of carbonyl (C=O) groups excluding carboxylic acids is 2. The average molecular weight is 575 g/mol. The Balaban J connectivity index is 0.00000391. The highest BCUT2D eigenvalue weighted by atomic mass is 16.7. The fraction of sp³-hybridized carbons (Fsp3) is 0.933. The second-order valence-electron chi connectivity index (χ2n) is 12.3. The standard InChI is InChI=1S/C28H52N2O8.C2H6/c1-17-14-28(6,35-9)24(38-25-22(32)21(30(7)8)13-18(2)37-25)19(3)23(33)27(4,5)26(34)36-16-20(29-15-17)11-10-12-31;1-2/h17-22,24-25,29,31-32H,10-16H2,1-9H3;1-2H3/t17-,18?,19+,20?,21?,22-,24-,25+,28-;/m1./s1. The molecule has 2 aliphatic heterocycles. The molecule has 9 atom stereocenters. The minimum Gasteiger partial charge on any atom is -0.463 e. The molecule has 0 amide bonds. The molecule has 3 N–H and O–H groups in total. The van der Waals surface area contributed by atoms with Gasteiger partial charge in [0.1, 0.15) is 18.1 Å². The number of Topliss-reactive ketones (excluding diaryl/α,β-unsaturated/α-hetero) is 1. The van der Waals surface area contributed by atoms with Gasteiger partial charge < -0.3 is 39.4 Å². The van der Waals surface area contributed by atoms with Crippen molar-refractivity contribution in [1.82, 2.24) is 10.2 Å². The van der Waals surface area contributed by atoms with Crippen LogP contribution in [0.5, 0.6) is 0 Å². The molecular formula is C30H58N2O8. The lowest BCUT2D eigenvalue weighted by Gasteiger charge is -2.47. The summed E-state index contributed by atoms with van der Waals surface area (Å²) in [6.45, 7) is 15.6. The predicted molar refractivity (Wildman–Crippen MR) is 155 cm³/mol. The third kappa shape index (κ3) is 9.44. The van der Waals surface area contributed by atoms with Crippen LogP contribution in [0.2, 0.25) is 0 Å². The highest BCUT2D eigenvalue weighted by Crippen LogP contribution is 2.38. The van der Waals surface area contributed by atoms with Gasteiger partial charge in [0.15, 0.2) is 12.1 Å². The summed E-state index contributed by atoms with van der Waals surface area (Å²) in [6, 6.07) is -0.322. The van der Waals surface area contributed by atoms with Crippen molar-refractivity contribution in [2.75, 3.05) is 41.0 Å². The van der Waals surface area contributed by atoms with Gasteiger partial charge in [-0.25, -0.2) is 0 Å². The Morgan fingerprint density at radius 3 is 2.30 bits per heavy atom. The number of nitrogens with one attached hydrogen (secondary N) is 1. The molecule has 0 aliphatic carbocycles. The number of ketones is 1. The van der Waals surface area contributed by atoms with Crippen molar-refractivity contribution in [2.45, 2.75) is 123 Å². The first kappa shape index (κ1) is 36.9. The van der Waals surface area contributed by atoms with Crippen LogP contribution in [0, 0.1) is 17.3 Å². The lowest BCUT2D eigenvalue weighted by molar-refractivity contribution is -0.295. The third-order valence-electron chi connectivity index (χ3n) is 8.25. The van der Waals surface area contributed by atoms with Crippen LogP contribution in [0.1, 0.15) is 81.1 Å². The summed E-state index contributed by atoms with van der Waals surface area (Å²) in [5.74, 6) is -1.59. The normalized spacial score (nSPS) is 37.9. The number of hydrogen-bond acceptors (Lipinski definition) is 10. The maximum absolute atomic E-state index is 13.9. The molecule has 0 saturated carbocycles. The molecular weight excluding hydrogens is 516 g/mol. The number of likely N-dealkylation sites (N-methyl/N-ethyl adjacent to an activating group) is 1. The molecule has 40 heavy (non-hydrogen) atoms. The van der Waals surface area contributed by atoms with Gasteiger partial charge in [0, 0.05) is 31.7 Å². The van der Waals surface area contributed by atoms with E-state index in [-0.39, 0.29) is 43.1 Å². The number of rotatable bonds is 7. The van der Waals surface area contributed by atoms with Crippen molar-refractivity contribution >= 4 is 11.8 Å². The van der Waals surface area contributed by atoms with Gasteiger partial charge in [-0.2, -0.15) is 0 Å². The summed E-state index contributed by atoms with van der Waals surface area (Å²) in [7, 11) is 5.41. The van der Waals surface area contributed by atoms with Gasteiger partial charge >= 0.3 is 5.97 Å². The number of aliphatic hydroxyl groups is 2. The lowest BCUT2D eigenvalue weighted by Crippen LogP contribution is -2.59. The van der Waals surface area contributed by atoms with Crippen molar-refractivity contribution < 1.29 is 38.7 Å². The quantitative estimate of drug-likeness (QED) is 0.309. The van der Waals surface area contributed by atoms with Crippen LogP contribution in [-0.4, -0.2) is 110 Å². The van der Waals surface area contributed by atoms with Gasteiger partial charge in [0.2, 0.25) is 0 Å². The van der Waals surface area contributed by atoms with Crippen molar-refractivity contribution in [3.8, 4) is 0 Å². The molecule has 3 unspecified atom stereocenters. The Labute approximate surface area is 242 Å². The van der Waals surface area contributed by atoms with E-state index in [2.05, 4.69) is 12.2 Å². The molecule has 2 saturated heterocycles. The highest BCUT2D eigenvalue weighted by Gasteiger charge is 2.51. The number of methoxy groups -OCH3 is 1. The van der Waals surface area contributed by atoms with E-state index in [1.807, 2.05) is 46.7 Å². The maximum atomic E-state index is 13.9. The molecule has 236 valence electrons. The van der Waals surface area contributed by atoms with Crippen molar-refractivity contribution in [3.63, 3.8) is 0 Å². The molecule has 2 fully saturated rings. The monoisotopic (exact) mass is 574 g/mol. The van der Waals surface area contributed by atoms with Crippen molar-refractivity contribution in [1.29, 1.82) is 0 Å². The first-order valence-corrected chi connectivity index (χ1v) is 14.9. The number of carbonyl (C=O) groups is 2. The Morgan fingerprint density at radius 1 is 1.12 bits per heavy atom. The summed E-state index contributed by atoms with van der Waals surface area (Å²) in [4.78, 5) is 29.0. The zero-order valence-corrected chi connectivity index (χ0v) is 26.9. The second-order valence-corrected chi connectivity index (χ2v) is 12.3. The molecule has 2 aliphatic rings. The SMILES string of the molecule is CC.CO[C@]1(C)C[C@@H](C)CNC(CCCO)COC(=O)C(C)(C)C(=O)[C@H](C)[C@H]1O[C@@H]1OC(C)CC(N(C)C)[C@H]1O. The zero-order chi connectivity index (χ0) is 30.8. The summed E-state index contributed by atoms with van der Waals surface area (Å²) in [6.07, 6.45) is -0.462. The first-order valence-electron chi connectivity index (χ1n) is 14.9. The van der Waals surface area contributed by atoms with Gasteiger partial charge in [-0.05, 0) is 79.9 Å². The van der Waals surface area contributed by atoms with E-state index < -0.39 is 41.4 Å². The molecule has 10 nitrogen and oxygen atoms in total. The lowest BCUT2D eigenvalue weighted by atomic mass is 9.74. The molecule has 2 heterocycles. The maximum Gasteiger partial charge on any atom is 0.319 e. The molecule has 0 bridgehead atoms. The minimum absolute atomic E-state index is 0.0479. The van der Waals surface area contributed by atoms with E-state index in [1.165, 1.54) is 0 Å². The van der Waals surface area contributed by atoms with Crippen molar-refractivity contribution in [3.05, 3.63) is 0 Å². The summed E-state index contributed by atoms with van der Waals surface area (Å²) in [5, 5.41) is 23.9. The van der Waals surface area contributed by atoms with Crippen LogP contribution in [0.4, 0.5) is 0 Å². The van der Waals surface area contributed by atoms with E-state index in [0.29, 0.717) is 32.2 Å². The Hall–Kier alpha value is -1.14. The molecule has 0 aromatic rings. The van der Waals surface area contributed by atoms with Gasteiger partial charge in [0.05, 0.1) is 17.8 Å². The number of aliphatic hydroxyl groups excluding tert-OH is 2. The largest absolute Gasteiger partial charge is 0.463 e. The molecule has 10 heteroatoms. The van der Waals surface area contributed by atoms with Crippen LogP contribution in [0.25, 0.3) is 0 Å². The van der Waals surface area contributed by atoms with E-state index in [9.17, 15) is 19.8 Å². The van der Waals surface area contributed by atoms with Crippen LogP contribution in [-0.2, 0) is 28.5 Å². The van der Waals surface area contributed by atoms with E-state index in [0.717, 1.165) is 0 Å². The van der Waals surface area contributed by atoms with Gasteiger partial charge in [0.25, 0.3) is 0 Å². The second kappa shape index (κ2) is 16.5. The topological polar surface area (TPSA) is 127 Å². The van der Waals surface area contributed by atoms with E-state index in [1.54, 1.807) is 27.9 Å². The zero-order valence-electron chi connectivity index (χ0n) is 26.9. The fourth-order valence-electron chi connectivity index (χ4n) is 5.78. The van der Waals surface area contributed by atoms with Crippen LogP contribution in [0.3, 0.4) is 0 Å². The van der Waals surface area contributed by atoms with Crippen LogP contribution in [0.15, 0.2) is 0 Å². The number of ether oxygens (including phenoxy) is 4. The number of hydrogen-bond donors (Lipinski definition) is 3. The van der Waals surface area contributed by atoms with Crippen LogP contribution >= 0.6 is 0 Å². The highest BCUT2D eigenvalue weighted by molar-refractivity contribution is 6.04. The van der Waals surface area contributed by atoms with Gasteiger partial charge in [-0.1, -0.05) is 27.7 Å². The van der Waals surface area contributed by atoms with Gasteiger partial charge in [-0.3, -0.25) is 9.59 Å². The molecule has 0 radical (unpaired) electrons. The molecule has 0 spiro atoms. The summed E-state index contributed by atoms with van der Waals surface area (Å²) in [5.41, 5.74) is -2.36. The van der Waals surface area contributed by atoms with E-state index in [4.69, 9.17) is 18.9 Å². The summed E-state index contributed by atoms with van der Waals surface area (Å²) < 4.78 is 24.3. The smallest absolute Gasteiger partial charge is 0.319 e. The molecule has 2 rings (SSSR count). The minimum atomic E-state index is -1.43. The first-order chi connectivity index (χ1) is 18.7. The molecule has 0 aromatic heterocycles. The Bertz CT molecular complexity index is 779. The Morgan fingerprint density at radius 2 is 1.75 bits per heavy atom. The number of cyclic esters (lactones) is 1. The number of esters is 1. The Kier molecular flexibility index (Phi) is 15.2. The average Bonchev–Trinajstić information content (AvgIpc) is 2.92.